The molecule has 0 saturated heterocycles. The summed E-state index contributed by atoms with van der Waals surface area (Å²) in [6.07, 6.45) is -2.54. The smallest absolute Gasteiger partial charge is 0.408 e. The number of alkyl carbamates (subject to hydrolysis) is 2. The maximum atomic E-state index is 13.6. The number of benzene rings is 3. The number of carbonyl (C=O) groups is 4. The van der Waals surface area contributed by atoms with Crippen LogP contribution in [0, 0.1) is 0 Å². The van der Waals surface area contributed by atoms with E-state index in [0.29, 0.717) is 11.1 Å². The predicted octanol–water partition coefficient (Wildman–Crippen LogP) is 4.07. The molecule has 0 saturated carbocycles. The fourth-order valence-electron chi connectivity index (χ4n) is 4.04. The number of hydrogen-bond acceptors (Lipinski definition) is 8. The Hall–Kier alpha value is -4.67. The zero-order valence-corrected chi connectivity index (χ0v) is 25.3. The minimum Gasteiger partial charge on any atom is -0.469 e. The highest BCUT2D eigenvalue weighted by Crippen LogP contribution is 2.50. The number of carbonyl (C=O) groups excluding carboxylic acids is 4. The predicted molar refractivity (Wildman–Crippen MR) is 161 cm³/mol. The summed E-state index contributed by atoms with van der Waals surface area (Å²) in [6, 6.07) is 25.3. The Morgan fingerprint density at radius 3 is 1.66 bits per heavy atom. The van der Waals surface area contributed by atoms with Crippen molar-refractivity contribution in [3.8, 4) is 0 Å². The summed E-state index contributed by atoms with van der Waals surface area (Å²) >= 11 is 0. The van der Waals surface area contributed by atoms with Gasteiger partial charge in [-0.25, -0.2) is 9.59 Å². The molecular formula is C31H36N3O9P. The second-order valence-electron chi connectivity index (χ2n) is 9.81. The Balaban J connectivity index is 1.73. The lowest BCUT2D eigenvalue weighted by atomic mass is 10.1. The lowest BCUT2D eigenvalue weighted by Crippen LogP contribution is -2.52. The van der Waals surface area contributed by atoms with Crippen molar-refractivity contribution in [1.29, 1.82) is 0 Å². The molecule has 4 N–H and O–H groups in total. The van der Waals surface area contributed by atoms with E-state index in [9.17, 15) is 28.6 Å². The van der Waals surface area contributed by atoms with Gasteiger partial charge in [0.2, 0.25) is 13.3 Å². The summed E-state index contributed by atoms with van der Waals surface area (Å²) in [5.74, 6) is -4.84. The van der Waals surface area contributed by atoms with Crippen LogP contribution in [0.4, 0.5) is 9.59 Å². The van der Waals surface area contributed by atoms with E-state index < -0.39 is 55.5 Å². The molecule has 12 nitrogen and oxygen atoms in total. The van der Waals surface area contributed by atoms with E-state index in [1.165, 1.54) is 6.92 Å². The van der Waals surface area contributed by atoms with Gasteiger partial charge in [0.25, 0.3) is 0 Å². The van der Waals surface area contributed by atoms with Gasteiger partial charge >= 0.3 is 18.2 Å². The van der Waals surface area contributed by atoms with E-state index in [1.54, 1.807) is 84.9 Å². The van der Waals surface area contributed by atoms with Crippen molar-refractivity contribution in [2.45, 2.75) is 50.6 Å². The molecule has 0 spiro atoms. The monoisotopic (exact) mass is 625 g/mol. The molecule has 0 fully saturated rings. The fourth-order valence-corrected chi connectivity index (χ4v) is 5.60. The molecule has 3 rings (SSSR count). The number of rotatable bonds is 14. The second kappa shape index (κ2) is 16.8. The van der Waals surface area contributed by atoms with Crippen LogP contribution in [0.2, 0.25) is 0 Å². The third-order valence-corrected chi connectivity index (χ3v) is 8.99. The number of esters is 1. The highest BCUT2D eigenvalue weighted by molar-refractivity contribution is 7.59. The molecule has 0 heterocycles. The molecule has 0 radical (unpaired) electrons. The molecule has 3 aromatic rings. The first kappa shape index (κ1) is 33.8. The van der Waals surface area contributed by atoms with Crippen molar-refractivity contribution >= 4 is 31.4 Å². The van der Waals surface area contributed by atoms with Crippen LogP contribution in [0.3, 0.4) is 0 Å². The van der Waals surface area contributed by atoms with Crippen LogP contribution in [0.15, 0.2) is 91.0 Å². The number of amides is 3. The van der Waals surface area contributed by atoms with Crippen molar-refractivity contribution in [2.75, 3.05) is 7.11 Å². The lowest BCUT2D eigenvalue weighted by molar-refractivity contribution is -0.140. The van der Waals surface area contributed by atoms with Gasteiger partial charge in [-0.15, -0.1) is 0 Å². The summed E-state index contributed by atoms with van der Waals surface area (Å²) in [7, 11) is -3.47. The first-order valence-electron chi connectivity index (χ1n) is 13.8. The molecule has 0 bridgehead atoms. The summed E-state index contributed by atoms with van der Waals surface area (Å²) in [5, 5.41) is 7.22. The molecule has 0 aliphatic carbocycles. The fraction of sp³-hybridized carbons (Fsp3) is 0.290. The zero-order chi connectivity index (χ0) is 32.0. The van der Waals surface area contributed by atoms with Crippen molar-refractivity contribution in [3.05, 3.63) is 108 Å². The third-order valence-electron chi connectivity index (χ3n) is 6.54. The van der Waals surface area contributed by atoms with Gasteiger partial charge in [0.1, 0.15) is 30.8 Å². The molecule has 0 aliphatic rings. The van der Waals surface area contributed by atoms with Crippen molar-refractivity contribution in [2.24, 2.45) is 0 Å². The summed E-state index contributed by atoms with van der Waals surface area (Å²) in [5.41, 5.74) is 2.12. The van der Waals surface area contributed by atoms with Gasteiger partial charge in [-0.05, 0) is 23.6 Å². The van der Waals surface area contributed by atoms with Gasteiger partial charge in [0, 0.05) is 6.42 Å². The Morgan fingerprint density at radius 2 is 1.18 bits per heavy atom. The van der Waals surface area contributed by atoms with Gasteiger partial charge < -0.3 is 35.1 Å². The molecule has 3 unspecified atom stereocenters. The van der Waals surface area contributed by atoms with E-state index in [2.05, 4.69) is 20.7 Å². The summed E-state index contributed by atoms with van der Waals surface area (Å²) in [4.78, 5) is 61.9. The number of nitrogens with one attached hydrogen (secondary N) is 3. The molecule has 4 atom stereocenters. The summed E-state index contributed by atoms with van der Waals surface area (Å²) < 4.78 is 28.7. The second-order valence-corrected chi connectivity index (χ2v) is 12.6. The van der Waals surface area contributed by atoms with Crippen LogP contribution in [0.25, 0.3) is 0 Å². The number of ether oxygens (including phenoxy) is 3. The van der Waals surface area contributed by atoms with E-state index in [-0.39, 0.29) is 19.6 Å². The van der Waals surface area contributed by atoms with Crippen molar-refractivity contribution in [3.63, 3.8) is 0 Å². The van der Waals surface area contributed by atoms with Gasteiger partial charge in [-0.1, -0.05) is 91.0 Å². The molecular weight excluding hydrogens is 589 g/mol. The van der Waals surface area contributed by atoms with Crippen molar-refractivity contribution in [1.82, 2.24) is 16.0 Å². The molecule has 13 heteroatoms. The summed E-state index contributed by atoms with van der Waals surface area (Å²) in [6.45, 7) is 1.12. The lowest BCUT2D eigenvalue weighted by Gasteiger charge is -2.29. The normalized spacial score (nSPS) is 14.1. The van der Waals surface area contributed by atoms with Crippen LogP contribution in [0.5, 0.6) is 0 Å². The maximum Gasteiger partial charge on any atom is 0.408 e. The minimum atomic E-state index is -4.56. The Morgan fingerprint density at radius 1 is 0.727 bits per heavy atom. The maximum absolute atomic E-state index is 13.6. The van der Waals surface area contributed by atoms with Crippen LogP contribution in [-0.2, 0) is 48.0 Å². The molecule has 0 aromatic heterocycles. The number of hydrogen-bond donors (Lipinski definition) is 4. The van der Waals surface area contributed by atoms with Crippen LogP contribution in [0.1, 0.15) is 30.0 Å². The van der Waals surface area contributed by atoms with Gasteiger partial charge in [-0.3, -0.25) is 14.2 Å². The molecule has 3 aromatic carbocycles. The highest BCUT2D eigenvalue weighted by Gasteiger charge is 2.41. The van der Waals surface area contributed by atoms with E-state index in [1.807, 2.05) is 6.07 Å². The minimum absolute atomic E-state index is 0.00734. The van der Waals surface area contributed by atoms with Crippen molar-refractivity contribution < 1.29 is 42.8 Å². The van der Waals surface area contributed by atoms with Crippen LogP contribution < -0.4 is 16.0 Å². The highest BCUT2D eigenvalue weighted by atomic mass is 31.2. The topological polar surface area (TPSA) is 169 Å². The average Bonchev–Trinajstić information content (AvgIpc) is 3.03. The van der Waals surface area contributed by atoms with E-state index >= 15 is 0 Å². The van der Waals surface area contributed by atoms with Crippen LogP contribution in [-0.4, -0.2) is 53.7 Å². The molecule has 0 aliphatic heterocycles. The molecule has 44 heavy (non-hydrogen) atoms. The number of methoxy groups -OCH3 is 1. The average molecular weight is 626 g/mol. The molecule has 3 amide bonds. The molecule has 234 valence electrons. The van der Waals surface area contributed by atoms with Crippen LogP contribution >= 0.6 is 7.37 Å². The Labute approximate surface area is 255 Å². The van der Waals surface area contributed by atoms with E-state index in [4.69, 9.17) is 9.47 Å². The first-order valence-corrected chi connectivity index (χ1v) is 15.6. The van der Waals surface area contributed by atoms with Gasteiger partial charge in [-0.2, -0.15) is 0 Å². The third kappa shape index (κ3) is 10.9. The zero-order valence-electron chi connectivity index (χ0n) is 24.4. The largest absolute Gasteiger partial charge is 0.469 e. The first-order chi connectivity index (χ1) is 21.1. The van der Waals surface area contributed by atoms with E-state index in [0.717, 1.165) is 12.7 Å². The Bertz CT molecular complexity index is 1430. The van der Waals surface area contributed by atoms with Gasteiger partial charge in [0.05, 0.1) is 13.5 Å². The standard InChI is InChI=1S/C31H36N3O9P/c1-22(32-30(37)42-20-24-14-8-4-9-15-24)44(39,40)27(19-28(35)41-2)34-29(36)26(18-23-12-6-3-7-13-23)33-31(38)43-21-25-16-10-5-11-17-25/h3-17,22,26-27H,18-21H2,1-2H3,(H,32,37)(H,33,38)(H,34,36)(H,39,40)/t22?,26-,27?/m0/s1. The SMILES string of the molecule is COC(=O)CC(NC(=O)[C@H](Cc1ccccc1)NC(=O)OCc1ccccc1)P(=O)(O)C(C)NC(=O)OCc1ccccc1. The quantitative estimate of drug-likeness (QED) is 0.117. The van der Waals surface area contributed by atoms with Gasteiger partial charge in [0.15, 0.2) is 0 Å². The Kier molecular flexibility index (Phi) is 12.9.